The zero-order chi connectivity index (χ0) is 15.1. The third kappa shape index (κ3) is 2.89. The minimum absolute atomic E-state index is 0.680. The number of likely N-dealkylation sites (tertiary alicyclic amines) is 1. The normalized spacial score (nSPS) is 32.7. The van der Waals surface area contributed by atoms with Gasteiger partial charge in [0, 0.05) is 45.0 Å². The molecule has 5 nitrogen and oxygen atoms in total. The highest BCUT2D eigenvalue weighted by Gasteiger charge is 2.42. The first-order chi connectivity index (χ1) is 10.7. The van der Waals surface area contributed by atoms with Crippen LogP contribution in [0.3, 0.4) is 0 Å². The number of hydrogen-bond acceptors (Lipinski definition) is 6. The van der Waals surface area contributed by atoms with Crippen molar-refractivity contribution in [2.45, 2.75) is 31.2 Å². The van der Waals surface area contributed by atoms with Gasteiger partial charge in [0.1, 0.15) is 5.82 Å². The van der Waals surface area contributed by atoms with E-state index in [-0.39, 0.29) is 0 Å². The fourth-order valence-corrected chi connectivity index (χ4v) is 5.06. The molecule has 3 unspecified atom stereocenters. The summed E-state index contributed by atoms with van der Waals surface area (Å²) in [6.45, 7) is 10.8. The number of ether oxygens (including phenoxy) is 1. The Morgan fingerprint density at radius 1 is 1.18 bits per heavy atom. The van der Waals surface area contributed by atoms with Gasteiger partial charge in [0.05, 0.1) is 17.2 Å². The second-order valence-electron chi connectivity index (χ2n) is 6.80. The predicted octanol–water partition coefficient (Wildman–Crippen LogP) is 1.75. The average molecular weight is 320 g/mol. The Kier molecular flexibility index (Phi) is 4.11. The molecular formula is C16H24N4OS. The van der Waals surface area contributed by atoms with Crippen molar-refractivity contribution >= 4 is 11.9 Å². The Bertz CT molecular complexity index is 535. The second-order valence-corrected chi connectivity index (χ2v) is 7.94. The molecule has 0 aliphatic carbocycles. The van der Waals surface area contributed by atoms with E-state index in [9.17, 15) is 0 Å². The molecule has 3 aliphatic rings. The molecule has 1 aromatic rings. The van der Waals surface area contributed by atoms with Gasteiger partial charge in [0.2, 0.25) is 0 Å². The zero-order valence-corrected chi connectivity index (χ0v) is 14.2. The van der Waals surface area contributed by atoms with Crippen LogP contribution < -0.4 is 0 Å². The van der Waals surface area contributed by atoms with Gasteiger partial charge in [-0.3, -0.25) is 4.90 Å². The highest BCUT2D eigenvalue weighted by molar-refractivity contribution is 7.97. The van der Waals surface area contributed by atoms with Crippen molar-refractivity contribution in [1.82, 2.24) is 19.2 Å². The molecular weight excluding hydrogens is 296 g/mol. The maximum absolute atomic E-state index is 5.54. The lowest BCUT2D eigenvalue weighted by Gasteiger charge is -2.25. The van der Waals surface area contributed by atoms with Crippen molar-refractivity contribution in [3.63, 3.8) is 0 Å². The SMILES string of the molecule is Cc1ncc(SN2CC3CN(C4CCOC4)CC3C2)c(C)n1. The minimum atomic E-state index is 0.680. The Balaban J connectivity index is 1.35. The third-order valence-corrected chi connectivity index (χ3v) is 6.34. The van der Waals surface area contributed by atoms with E-state index >= 15 is 0 Å². The molecule has 6 heteroatoms. The fourth-order valence-electron chi connectivity index (χ4n) is 3.97. The van der Waals surface area contributed by atoms with Crippen molar-refractivity contribution in [3.05, 3.63) is 17.7 Å². The smallest absolute Gasteiger partial charge is 0.125 e. The van der Waals surface area contributed by atoms with E-state index in [1.807, 2.05) is 25.1 Å². The molecule has 0 saturated carbocycles. The lowest BCUT2D eigenvalue weighted by Crippen LogP contribution is -2.35. The third-order valence-electron chi connectivity index (χ3n) is 5.19. The van der Waals surface area contributed by atoms with Crippen molar-refractivity contribution in [2.24, 2.45) is 11.8 Å². The van der Waals surface area contributed by atoms with Gasteiger partial charge >= 0.3 is 0 Å². The number of hydrogen-bond donors (Lipinski definition) is 0. The Morgan fingerprint density at radius 3 is 2.59 bits per heavy atom. The van der Waals surface area contributed by atoms with E-state index in [1.54, 1.807) is 0 Å². The first kappa shape index (κ1) is 14.9. The molecule has 120 valence electrons. The van der Waals surface area contributed by atoms with Crippen LogP contribution in [0.1, 0.15) is 17.9 Å². The van der Waals surface area contributed by atoms with Crippen LogP contribution in [0.4, 0.5) is 0 Å². The van der Waals surface area contributed by atoms with E-state index in [4.69, 9.17) is 4.74 Å². The summed E-state index contributed by atoms with van der Waals surface area (Å²) in [6.07, 6.45) is 3.19. The van der Waals surface area contributed by atoms with Gasteiger partial charge in [-0.25, -0.2) is 14.3 Å². The number of aryl methyl sites for hydroxylation is 2. The fraction of sp³-hybridized carbons (Fsp3) is 0.750. The summed E-state index contributed by atoms with van der Waals surface area (Å²) < 4.78 is 8.06. The van der Waals surface area contributed by atoms with E-state index < -0.39 is 0 Å². The molecule has 1 aromatic heterocycles. The van der Waals surface area contributed by atoms with Gasteiger partial charge in [-0.2, -0.15) is 0 Å². The second kappa shape index (κ2) is 6.07. The number of nitrogens with zero attached hydrogens (tertiary/aromatic N) is 4. The van der Waals surface area contributed by atoms with Crippen molar-refractivity contribution in [3.8, 4) is 0 Å². The quantitative estimate of drug-likeness (QED) is 0.791. The molecule has 0 bridgehead atoms. The highest BCUT2D eigenvalue weighted by Crippen LogP contribution is 2.38. The van der Waals surface area contributed by atoms with Gasteiger partial charge in [-0.05, 0) is 44.1 Å². The van der Waals surface area contributed by atoms with Crippen LogP contribution >= 0.6 is 11.9 Å². The first-order valence-corrected chi connectivity index (χ1v) is 9.01. The minimum Gasteiger partial charge on any atom is -0.380 e. The standard InChI is InChI=1S/C16H24N4OS/c1-11-16(5-17-12(2)18-11)22-20-8-13-6-19(7-14(13)9-20)15-3-4-21-10-15/h5,13-15H,3-4,6-10H2,1-2H3. The van der Waals surface area contributed by atoms with Gasteiger partial charge in [-0.15, -0.1) is 0 Å². The van der Waals surface area contributed by atoms with Gasteiger partial charge in [0.15, 0.2) is 0 Å². The molecule has 4 heterocycles. The van der Waals surface area contributed by atoms with E-state index in [0.717, 1.165) is 36.6 Å². The molecule has 3 atom stereocenters. The molecule has 0 aromatic carbocycles. The largest absolute Gasteiger partial charge is 0.380 e. The number of aromatic nitrogens is 2. The Hall–Kier alpha value is -0.690. The number of rotatable bonds is 3. The molecule has 3 fully saturated rings. The van der Waals surface area contributed by atoms with E-state index in [2.05, 4.69) is 26.1 Å². The molecule has 0 amide bonds. The monoisotopic (exact) mass is 320 g/mol. The molecule has 0 spiro atoms. The summed E-state index contributed by atoms with van der Waals surface area (Å²) in [4.78, 5) is 12.7. The van der Waals surface area contributed by atoms with Crippen molar-refractivity contribution in [1.29, 1.82) is 0 Å². The van der Waals surface area contributed by atoms with Gasteiger partial charge < -0.3 is 4.74 Å². The van der Waals surface area contributed by atoms with E-state index in [1.165, 1.54) is 37.5 Å². The summed E-state index contributed by atoms with van der Waals surface area (Å²) in [5.74, 6) is 2.49. The predicted molar refractivity (Wildman–Crippen MR) is 86.7 cm³/mol. The topological polar surface area (TPSA) is 41.5 Å². The zero-order valence-electron chi connectivity index (χ0n) is 13.4. The van der Waals surface area contributed by atoms with Gasteiger partial charge in [-0.1, -0.05) is 0 Å². The average Bonchev–Trinajstić information content (AvgIpc) is 3.16. The van der Waals surface area contributed by atoms with Crippen LogP contribution in [0.5, 0.6) is 0 Å². The van der Waals surface area contributed by atoms with Gasteiger partial charge in [0.25, 0.3) is 0 Å². The van der Waals surface area contributed by atoms with Crippen LogP contribution in [-0.2, 0) is 4.74 Å². The van der Waals surface area contributed by atoms with Crippen LogP contribution in [0.2, 0.25) is 0 Å². The summed E-state index contributed by atoms with van der Waals surface area (Å²) in [5, 5.41) is 0. The number of fused-ring (bicyclic) bond motifs is 1. The highest BCUT2D eigenvalue weighted by atomic mass is 32.2. The maximum atomic E-state index is 5.54. The summed E-state index contributed by atoms with van der Waals surface area (Å²) in [6, 6.07) is 0.680. The summed E-state index contributed by atoms with van der Waals surface area (Å²) >= 11 is 1.84. The molecule has 4 rings (SSSR count). The molecule has 3 saturated heterocycles. The summed E-state index contributed by atoms with van der Waals surface area (Å²) in [7, 11) is 0. The van der Waals surface area contributed by atoms with Crippen LogP contribution in [0.25, 0.3) is 0 Å². The summed E-state index contributed by atoms with van der Waals surface area (Å²) in [5.41, 5.74) is 1.10. The Morgan fingerprint density at radius 2 is 1.95 bits per heavy atom. The lowest BCUT2D eigenvalue weighted by atomic mass is 10.0. The maximum Gasteiger partial charge on any atom is 0.125 e. The molecule has 0 N–H and O–H groups in total. The molecule has 3 aliphatic heterocycles. The van der Waals surface area contributed by atoms with Crippen LogP contribution in [0.15, 0.2) is 11.1 Å². The lowest BCUT2D eigenvalue weighted by molar-refractivity contribution is 0.153. The van der Waals surface area contributed by atoms with Crippen LogP contribution in [-0.4, -0.2) is 64.6 Å². The first-order valence-electron chi connectivity index (χ1n) is 8.24. The van der Waals surface area contributed by atoms with E-state index in [0.29, 0.717) is 6.04 Å². The molecule has 22 heavy (non-hydrogen) atoms. The molecule has 0 radical (unpaired) electrons. The van der Waals surface area contributed by atoms with Crippen LogP contribution in [0, 0.1) is 25.7 Å². The van der Waals surface area contributed by atoms with Crippen molar-refractivity contribution in [2.75, 3.05) is 39.4 Å². The Labute approximate surface area is 136 Å². The van der Waals surface area contributed by atoms with Crippen molar-refractivity contribution < 1.29 is 4.74 Å².